The van der Waals surface area contributed by atoms with Crippen LogP contribution in [-0.2, 0) is 9.59 Å². The van der Waals surface area contributed by atoms with Crippen LogP contribution >= 0.6 is 11.8 Å². The fourth-order valence-corrected chi connectivity index (χ4v) is 4.31. The average molecular weight is 379 g/mol. The van der Waals surface area contributed by atoms with Gasteiger partial charge in [-0.25, -0.2) is 0 Å². The third kappa shape index (κ3) is 5.16. The highest BCUT2D eigenvalue weighted by Gasteiger charge is 2.33. The predicted octanol–water partition coefficient (Wildman–Crippen LogP) is 3.55. The molecule has 0 aliphatic carbocycles. The minimum Gasteiger partial charge on any atom is -0.497 e. The van der Waals surface area contributed by atoms with Gasteiger partial charge in [-0.3, -0.25) is 9.59 Å². The van der Waals surface area contributed by atoms with Gasteiger partial charge in [-0.15, -0.1) is 11.8 Å². The van der Waals surface area contributed by atoms with E-state index < -0.39 is 0 Å². The molecule has 0 unspecified atom stereocenters. The monoisotopic (exact) mass is 378 g/mol. The minimum absolute atomic E-state index is 0.00243. The second-order valence-electron chi connectivity index (χ2n) is 7.30. The molecule has 1 aromatic carbocycles. The third-order valence-electron chi connectivity index (χ3n) is 4.48. The van der Waals surface area contributed by atoms with Gasteiger partial charge < -0.3 is 14.5 Å². The van der Waals surface area contributed by atoms with Crippen molar-refractivity contribution in [3.05, 3.63) is 29.8 Å². The van der Waals surface area contributed by atoms with Crippen molar-refractivity contribution in [3.8, 4) is 5.75 Å². The van der Waals surface area contributed by atoms with Gasteiger partial charge in [0.2, 0.25) is 11.8 Å². The van der Waals surface area contributed by atoms with Crippen LogP contribution < -0.4 is 4.74 Å². The Morgan fingerprint density at radius 1 is 1.27 bits per heavy atom. The quantitative estimate of drug-likeness (QED) is 0.694. The van der Waals surface area contributed by atoms with Gasteiger partial charge in [0.1, 0.15) is 11.1 Å². The van der Waals surface area contributed by atoms with E-state index in [-0.39, 0.29) is 23.2 Å². The van der Waals surface area contributed by atoms with Crippen LogP contribution in [0.25, 0.3) is 0 Å². The number of thioether (sulfide) groups is 1. The molecule has 0 spiro atoms. The Labute approximate surface area is 161 Å². The number of benzene rings is 1. The first-order valence-corrected chi connectivity index (χ1v) is 10.2. The highest BCUT2D eigenvalue weighted by Crippen LogP contribution is 2.38. The molecular weight excluding hydrogens is 348 g/mol. The Bertz CT molecular complexity index is 616. The van der Waals surface area contributed by atoms with Gasteiger partial charge in [-0.2, -0.15) is 0 Å². The van der Waals surface area contributed by atoms with Crippen molar-refractivity contribution >= 4 is 23.6 Å². The standard InChI is InChI=1S/C20H30N2O3S/c1-14(2)12-18(23)21(15(3)4)10-11-22-19(24)13-26-20(22)16-6-8-17(25-5)9-7-16/h6-9,14-15,20H,10-13H2,1-5H3/t20-/m1/s1. The van der Waals surface area contributed by atoms with E-state index in [1.165, 1.54) is 0 Å². The minimum atomic E-state index is 0.00243. The van der Waals surface area contributed by atoms with Gasteiger partial charge >= 0.3 is 0 Å². The number of carbonyl (C=O) groups excluding carboxylic acids is 2. The lowest BCUT2D eigenvalue weighted by Crippen LogP contribution is -2.43. The molecule has 2 amide bonds. The second kappa shape index (κ2) is 9.31. The van der Waals surface area contributed by atoms with Crippen LogP contribution in [0.1, 0.15) is 45.1 Å². The van der Waals surface area contributed by atoms with Crippen molar-refractivity contribution < 1.29 is 14.3 Å². The normalized spacial score (nSPS) is 17.3. The summed E-state index contributed by atoms with van der Waals surface area (Å²) < 4.78 is 5.21. The van der Waals surface area contributed by atoms with Crippen LogP contribution in [0.2, 0.25) is 0 Å². The summed E-state index contributed by atoms with van der Waals surface area (Å²) in [6.07, 6.45) is 0.544. The smallest absolute Gasteiger partial charge is 0.233 e. The largest absolute Gasteiger partial charge is 0.497 e. The molecular formula is C20H30N2O3S. The van der Waals surface area contributed by atoms with Gasteiger partial charge in [0, 0.05) is 25.6 Å². The van der Waals surface area contributed by atoms with Crippen molar-refractivity contribution in [2.24, 2.45) is 5.92 Å². The zero-order valence-corrected chi connectivity index (χ0v) is 17.2. The summed E-state index contributed by atoms with van der Waals surface area (Å²) in [7, 11) is 1.64. The van der Waals surface area contributed by atoms with Crippen LogP contribution in [0.3, 0.4) is 0 Å². The fourth-order valence-electron chi connectivity index (χ4n) is 3.09. The van der Waals surface area contributed by atoms with E-state index in [2.05, 4.69) is 13.8 Å². The van der Waals surface area contributed by atoms with Crippen molar-refractivity contribution in [1.82, 2.24) is 9.80 Å². The topological polar surface area (TPSA) is 49.9 Å². The number of rotatable bonds is 8. The van der Waals surface area contributed by atoms with Crippen LogP contribution in [0.15, 0.2) is 24.3 Å². The molecule has 1 aliphatic heterocycles. The summed E-state index contributed by atoms with van der Waals surface area (Å²) in [5.74, 6) is 1.92. The van der Waals surface area contributed by atoms with Crippen molar-refractivity contribution in [2.45, 2.75) is 45.5 Å². The highest BCUT2D eigenvalue weighted by molar-refractivity contribution is 8.00. The van der Waals surface area contributed by atoms with Gasteiger partial charge in [0.05, 0.1) is 12.9 Å². The number of methoxy groups -OCH3 is 1. The fraction of sp³-hybridized carbons (Fsp3) is 0.600. The van der Waals surface area contributed by atoms with Gasteiger partial charge in [0.15, 0.2) is 0 Å². The van der Waals surface area contributed by atoms with Crippen molar-refractivity contribution in [1.29, 1.82) is 0 Å². The van der Waals surface area contributed by atoms with Crippen molar-refractivity contribution in [2.75, 3.05) is 26.0 Å². The summed E-state index contributed by atoms with van der Waals surface area (Å²) in [5.41, 5.74) is 1.09. The van der Waals surface area contributed by atoms with E-state index in [9.17, 15) is 9.59 Å². The van der Waals surface area contributed by atoms with Gasteiger partial charge in [0.25, 0.3) is 0 Å². The molecule has 2 rings (SSSR count). The molecule has 0 N–H and O–H groups in total. The zero-order valence-electron chi connectivity index (χ0n) is 16.4. The summed E-state index contributed by atoms with van der Waals surface area (Å²) in [5, 5.41) is 0.00243. The van der Waals surface area contributed by atoms with E-state index in [4.69, 9.17) is 4.74 Å². The maximum atomic E-state index is 12.5. The number of amides is 2. The molecule has 1 aliphatic rings. The Morgan fingerprint density at radius 2 is 1.92 bits per heavy atom. The number of hydrogen-bond acceptors (Lipinski definition) is 4. The maximum Gasteiger partial charge on any atom is 0.233 e. The molecule has 1 atom stereocenters. The number of ether oxygens (including phenoxy) is 1. The molecule has 0 radical (unpaired) electrons. The van der Waals surface area contributed by atoms with Crippen LogP contribution in [-0.4, -0.2) is 53.6 Å². The van der Waals surface area contributed by atoms with Crippen LogP contribution in [0, 0.1) is 5.92 Å². The van der Waals surface area contributed by atoms with E-state index in [0.29, 0.717) is 31.2 Å². The molecule has 5 nitrogen and oxygen atoms in total. The Morgan fingerprint density at radius 3 is 2.46 bits per heavy atom. The average Bonchev–Trinajstić information content (AvgIpc) is 2.95. The Kier molecular flexibility index (Phi) is 7.38. The molecule has 26 heavy (non-hydrogen) atoms. The summed E-state index contributed by atoms with van der Waals surface area (Å²) in [6.45, 7) is 9.29. The number of nitrogens with zero attached hydrogens (tertiary/aromatic N) is 2. The lowest BCUT2D eigenvalue weighted by molar-refractivity contribution is -0.136. The van der Waals surface area contributed by atoms with Crippen LogP contribution in [0.5, 0.6) is 5.75 Å². The molecule has 144 valence electrons. The first-order valence-electron chi connectivity index (χ1n) is 9.18. The lowest BCUT2D eigenvalue weighted by Gasteiger charge is -2.31. The summed E-state index contributed by atoms with van der Waals surface area (Å²) in [6, 6.07) is 7.98. The van der Waals surface area contributed by atoms with E-state index in [0.717, 1.165) is 11.3 Å². The van der Waals surface area contributed by atoms with Gasteiger partial charge in [-0.05, 0) is 37.5 Å². The van der Waals surface area contributed by atoms with Gasteiger partial charge in [-0.1, -0.05) is 26.0 Å². The molecule has 0 saturated carbocycles. The molecule has 0 aromatic heterocycles. The third-order valence-corrected chi connectivity index (χ3v) is 5.73. The molecule has 1 heterocycles. The lowest BCUT2D eigenvalue weighted by atomic mass is 10.1. The first-order chi connectivity index (χ1) is 12.3. The SMILES string of the molecule is COc1ccc([C@H]2SCC(=O)N2CCN(C(=O)CC(C)C)C(C)C)cc1. The molecule has 6 heteroatoms. The Balaban J connectivity index is 2.06. The molecule has 0 bridgehead atoms. The van der Waals surface area contributed by atoms with E-state index in [1.54, 1.807) is 18.9 Å². The first kappa shape index (κ1) is 20.6. The van der Waals surface area contributed by atoms with E-state index >= 15 is 0 Å². The highest BCUT2D eigenvalue weighted by atomic mass is 32.2. The maximum absolute atomic E-state index is 12.5. The summed E-state index contributed by atoms with van der Waals surface area (Å²) in [4.78, 5) is 28.7. The van der Waals surface area contributed by atoms with Crippen LogP contribution in [0.4, 0.5) is 0 Å². The molecule has 1 aromatic rings. The molecule has 1 saturated heterocycles. The predicted molar refractivity (Wildman–Crippen MR) is 106 cm³/mol. The molecule has 1 fully saturated rings. The summed E-state index contributed by atoms with van der Waals surface area (Å²) >= 11 is 1.64. The Hall–Kier alpha value is -1.69. The number of carbonyl (C=O) groups is 2. The zero-order chi connectivity index (χ0) is 19.3. The van der Waals surface area contributed by atoms with Crippen molar-refractivity contribution in [3.63, 3.8) is 0 Å². The second-order valence-corrected chi connectivity index (χ2v) is 8.37. The van der Waals surface area contributed by atoms with E-state index in [1.807, 2.05) is 47.9 Å². The number of hydrogen-bond donors (Lipinski definition) is 0.